The molecule has 0 aliphatic heterocycles. The second kappa shape index (κ2) is 2.92. The molecule has 0 atom stereocenters. The van der Waals surface area contributed by atoms with Crippen molar-refractivity contribution in [3.8, 4) is 0 Å². The normalized spacial score (nSPS) is 11.2. The largest absolute Gasteiger partial charge is 0.342 e. The van der Waals surface area contributed by atoms with E-state index in [-0.39, 0.29) is 0 Å². The van der Waals surface area contributed by atoms with Crippen molar-refractivity contribution >= 4 is 21.6 Å². The minimum Gasteiger partial charge on any atom is -0.342 e. The first-order chi connectivity index (χ1) is 5.83. The summed E-state index contributed by atoms with van der Waals surface area (Å²) in [6.45, 7) is 0.731. The summed E-state index contributed by atoms with van der Waals surface area (Å²) in [5.41, 5.74) is 6.90. The van der Waals surface area contributed by atoms with Gasteiger partial charge in [-0.25, -0.2) is 0 Å². The number of aryl methyl sites for hydroxylation is 1. The average Bonchev–Trinajstić information content (AvgIpc) is 2.58. The molecule has 0 amide bonds. The van der Waals surface area contributed by atoms with Gasteiger partial charge in [-0.3, -0.25) is 0 Å². The van der Waals surface area contributed by atoms with E-state index >= 15 is 0 Å². The fraction of sp³-hybridized carbons (Fsp3) is 0.333. The van der Waals surface area contributed by atoms with Crippen LogP contribution in [0.4, 0.5) is 0 Å². The molecule has 2 heterocycles. The molecule has 0 saturated carbocycles. The quantitative estimate of drug-likeness (QED) is 0.750. The van der Waals surface area contributed by atoms with Crippen LogP contribution >= 0.6 is 11.3 Å². The maximum atomic E-state index is 5.52. The smallest absolute Gasteiger partial charge is 0.102 e. The van der Waals surface area contributed by atoms with Gasteiger partial charge in [0.2, 0.25) is 0 Å². The lowest BCUT2D eigenvalue weighted by Crippen LogP contribution is -2.01. The van der Waals surface area contributed by atoms with E-state index in [0.29, 0.717) is 0 Å². The predicted molar refractivity (Wildman–Crippen MR) is 53.6 cm³/mol. The zero-order valence-electron chi connectivity index (χ0n) is 7.08. The van der Waals surface area contributed by atoms with Gasteiger partial charge < -0.3 is 10.3 Å². The molecule has 0 bridgehead atoms. The van der Waals surface area contributed by atoms with Crippen molar-refractivity contribution in [3.05, 3.63) is 23.2 Å². The molecule has 2 aromatic heterocycles. The van der Waals surface area contributed by atoms with Crippen LogP contribution < -0.4 is 5.73 Å². The Bertz CT molecular complexity index is 386. The first-order valence-electron chi connectivity index (χ1n) is 4.04. The number of aromatic nitrogens is 1. The number of thiophene rings is 1. The molecule has 0 fully saturated rings. The van der Waals surface area contributed by atoms with Crippen molar-refractivity contribution in [2.75, 3.05) is 6.54 Å². The van der Waals surface area contributed by atoms with E-state index in [0.717, 1.165) is 13.0 Å². The topological polar surface area (TPSA) is 30.9 Å². The molecule has 2 rings (SSSR count). The number of rotatable bonds is 2. The van der Waals surface area contributed by atoms with Gasteiger partial charge in [0, 0.05) is 18.6 Å². The molecular formula is C9H12N2S. The molecule has 0 aromatic carbocycles. The predicted octanol–water partition coefficient (Wildman–Crippen LogP) is 1.74. The van der Waals surface area contributed by atoms with Gasteiger partial charge in [0.15, 0.2) is 0 Å². The molecule has 0 aliphatic rings. The summed E-state index contributed by atoms with van der Waals surface area (Å²) < 4.78 is 2.17. The van der Waals surface area contributed by atoms with Crippen LogP contribution in [-0.2, 0) is 13.5 Å². The highest BCUT2D eigenvalue weighted by atomic mass is 32.1. The molecule has 2 N–H and O–H groups in total. The SMILES string of the molecule is Cn1cc(CCN)c2ccsc21. The minimum absolute atomic E-state index is 0.731. The third-order valence-electron chi connectivity index (χ3n) is 2.07. The first kappa shape index (κ1) is 7.83. The van der Waals surface area contributed by atoms with Gasteiger partial charge in [-0.05, 0) is 30.0 Å². The van der Waals surface area contributed by atoms with Gasteiger partial charge >= 0.3 is 0 Å². The van der Waals surface area contributed by atoms with Gasteiger partial charge in [-0.15, -0.1) is 11.3 Å². The lowest BCUT2D eigenvalue weighted by molar-refractivity contribution is 0.932. The van der Waals surface area contributed by atoms with E-state index in [1.54, 1.807) is 11.3 Å². The minimum atomic E-state index is 0.731. The fourth-order valence-corrected chi connectivity index (χ4v) is 2.41. The summed E-state index contributed by atoms with van der Waals surface area (Å²) in [7, 11) is 2.08. The van der Waals surface area contributed by atoms with Crippen LogP contribution in [0.3, 0.4) is 0 Å². The summed E-state index contributed by atoms with van der Waals surface area (Å²) in [4.78, 5) is 1.35. The number of hydrogen-bond donors (Lipinski definition) is 1. The number of nitrogens with zero attached hydrogens (tertiary/aromatic N) is 1. The van der Waals surface area contributed by atoms with E-state index in [1.807, 2.05) is 0 Å². The summed E-state index contributed by atoms with van der Waals surface area (Å²) >= 11 is 1.78. The Morgan fingerprint density at radius 2 is 2.42 bits per heavy atom. The van der Waals surface area contributed by atoms with Crippen LogP contribution in [0, 0.1) is 0 Å². The molecule has 0 aliphatic carbocycles. The van der Waals surface area contributed by atoms with Gasteiger partial charge in [-0.2, -0.15) is 0 Å². The van der Waals surface area contributed by atoms with E-state index in [1.165, 1.54) is 15.8 Å². The number of fused-ring (bicyclic) bond motifs is 1. The number of hydrogen-bond acceptors (Lipinski definition) is 2. The maximum Gasteiger partial charge on any atom is 0.102 e. The lowest BCUT2D eigenvalue weighted by Gasteiger charge is -1.91. The molecule has 0 unspecified atom stereocenters. The van der Waals surface area contributed by atoms with Crippen LogP contribution in [0.1, 0.15) is 5.56 Å². The van der Waals surface area contributed by atoms with Crippen molar-refractivity contribution in [1.82, 2.24) is 4.57 Å². The van der Waals surface area contributed by atoms with Crippen molar-refractivity contribution in [2.24, 2.45) is 12.8 Å². The second-order valence-electron chi connectivity index (χ2n) is 2.94. The summed E-state index contributed by atoms with van der Waals surface area (Å²) in [5.74, 6) is 0. The molecular weight excluding hydrogens is 168 g/mol. The van der Waals surface area contributed by atoms with Crippen molar-refractivity contribution < 1.29 is 0 Å². The molecule has 64 valence electrons. The molecule has 0 saturated heterocycles. The molecule has 2 nitrogen and oxygen atoms in total. The Morgan fingerprint density at radius 1 is 1.58 bits per heavy atom. The summed E-state index contributed by atoms with van der Waals surface area (Å²) in [6, 6.07) is 2.17. The fourth-order valence-electron chi connectivity index (χ4n) is 1.54. The molecule has 0 radical (unpaired) electrons. The van der Waals surface area contributed by atoms with Crippen molar-refractivity contribution in [1.29, 1.82) is 0 Å². The molecule has 2 aromatic rings. The standard InChI is InChI=1S/C9H12N2S/c1-11-6-7(2-4-10)8-3-5-12-9(8)11/h3,5-6H,2,4,10H2,1H3. The lowest BCUT2D eigenvalue weighted by atomic mass is 10.2. The van der Waals surface area contributed by atoms with Gasteiger partial charge in [0.05, 0.1) is 0 Å². The third kappa shape index (κ3) is 1.06. The number of nitrogens with two attached hydrogens (primary N) is 1. The summed E-state index contributed by atoms with van der Waals surface area (Å²) in [6.07, 6.45) is 3.15. The maximum absolute atomic E-state index is 5.52. The van der Waals surface area contributed by atoms with Crippen LogP contribution in [0.25, 0.3) is 10.2 Å². The van der Waals surface area contributed by atoms with Crippen molar-refractivity contribution in [3.63, 3.8) is 0 Å². The van der Waals surface area contributed by atoms with E-state index < -0.39 is 0 Å². The molecule has 0 spiro atoms. The highest BCUT2D eigenvalue weighted by molar-refractivity contribution is 7.16. The second-order valence-corrected chi connectivity index (χ2v) is 3.84. The highest BCUT2D eigenvalue weighted by Crippen LogP contribution is 2.25. The van der Waals surface area contributed by atoms with E-state index in [2.05, 4.69) is 29.3 Å². The Balaban J connectivity index is 2.59. The molecule has 12 heavy (non-hydrogen) atoms. The monoisotopic (exact) mass is 180 g/mol. The van der Waals surface area contributed by atoms with E-state index in [4.69, 9.17) is 5.73 Å². The highest BCUT2D eigenvalue weighted by Gasteiger charge is 2.05. The van der Waals surface area contributed by atoms with Crippen molar-refractivity contribution in [2.45, 2.75) is 6.42 Å². The van der Waals surface area contributed by atoms with Crippen LogP contribution in [0.2, 0.25) is 0 Å². The zero-order chi connectivity index (χ0) is 8.55. The molecule has 3 heteroatoms. The Morgan fingerprint density at radius 3 is 3.17 bits per heavy atom. The van der Waals surface area contributed by atoms with Crippen LogP contribution in [0.15, 0.2) is 17.6 Å². The van der Waals surface area contributed by atoms with Gasteiger partial charge in [-0.1, -0.05) is 0 Å². The van der Waals surface area contributed by atoms with Gasteiger partial charge in [0.25, 0.3) is 0 Å². The van der Waals surface area contributed by atoms with Gasteiger partial charge in [0.1, 0.15) is 4.83 Å². The Hall–Kier alpha value is -0.800. The zero-order valence-corrected chi connectivity index (χ0v) is 7.90. The van der Waals surface area contributed by atoms with E-state index in [9.17, 15) is 0 Å². The Labute approximate surface area is 75.6 Å². The van der Waals surface area contributed by atoms with Crippen LogP contribution in [-0.4, -0.2) is 11.1 Å². The summed E-state index contributed by atoms with van der Waals surface area (Å²) in [5, 5.41) is 3.50. The third-order valence-corrected chi connectivity index (χ3v) is 3.08. The Kier molecular flexibility index (Phi) is 1.90. The van der Waals surface area contributed by atoms with Crippen LogP contribution in [0.5, 0.6) is 0 Å². The first-order valence-corrected chi connectivity index (χ1v) is 4.92. The average molecular weight is 180 g/mol.